The highest BCUT2D eigenvalue weighted by Crippen LogP contribution is 2.24. The van der Waals surface area contributed by atoms with E-state index in [9.17, 15) is 4.79 Å². The third-order valence-electron chi connectivity index (χ3n) is 3.73. The third kappa shape index (κ3) is 3.06. The second-order valence-corrected chi connectivity index (χ2v) is 5.05. The SMILES string of the molecule is CO[C@@H]1C[C@H](CNC(=O)c2cocn2)N(c2ccncn2)C1. The zero-order valence-electron chi connectivity index (χ0n) is 12.2. The maximum atomic E-state index is 11.9. The number of carbonyl (C=O) groups is 1. The number of oxazole rings is 1. The van der Waals surface area contributed by atoms with Gasteiger partial charge in [0.25, 0.3) is 5.91 Å². The normalized spacial score (nSPS) is 21.0. The first-order valence-corrected chi connectivity index (χ1v) is 6.99. The minimum absolute atomic E-state index is 0.107. The van der Waals surface area contributed by atoms with Crippen molar-refractivity contribution in [1.82, 2.24) is 20.3 Å². The first-order chi connectivity index (χ1) is 10.8. The Kier molecular flexibility index (Phi) is 4.29. The first-order valence-electron chi connectivity index (χ1n) is 6.99. The summed E-state index contributed by atoms with van der Waals surface area (Å²) in [6, 6.07) is 1.96. The molecule has 1 saturated heterocycles. The van der Waals surface area contributed by atoms with E-state index in [4.69, 9.17) is 9.15 Å². The lowest BCUT2D eigenvalue weighted by Gasteiger charge is -2.25. The zero-order valence-corrected chi connectivity index (χ0v) is 12.2. The standard InChI is InChI=1S/C14H17N5O3/c1-21-11-4-10(5-16-14(20)12-7-22-9-18-12)19(6-11)13-2-3-15-8-17-13/h2-3,7-11H,4-6H2,1H3,(H,16,20)/t10-,11-/m1/s1. The second-order valence-electron chi connectivity index (χ2n) is 5.05. The van der Waals surface area contributed by atoms with E-state index in [0.717, 1.165) is 18.8 Å². The van der Waals surface area contributed by atoms with Crippen LogP contribution in [0.25, 0.3) is 0 Å². The highest BCUT2D eigenvalue weighted by molar-refractivity contribution is 5.91. The quantitative estimate of drug-likeness (QED) is 0.859. The van der Waals surface area contributed by atoms with Crippen LogP contribution in [0.2, 0.25) is 0 Å². The van der Waals surface area contributed by atoms with Gasteiger partial charge in [-0.15, -0.1) is 0 Å². The van der Waals surface area contributed by atoms with Gasteiger partial charge in [-0.2, -0.15) is 0 Å². The Bertz CT molecular complexity index is 604. The molecule has 1 N–H and O–H groups in total. The highest BCUT2D eigenvalue weighted by atomic mass is 16.5. The molecule has 2 atom stereocenters. The Hall–Kier alpha value is -2.48. The number of hydrogen-bond acceptors (Lipinski definition) is 7. The van der Waals surface area contributed by atoms with Crippen molar-refractivity contribution >= 4 is 11.7 Å². The molecule has 0 spiro atoms. The summed E-state index contributed by atoms with van der Waals surface area (Å²) in [6.45, 7) is 1.22. The predicted octanol–water partition coefficient (Wildman–Crippen LogP) is 0.488. The molecule has 3 rings (SSSR count). The van der Waals surface area contributed by atoms with E-state index in [1.807, 2.05) is 6.07 Å². The maximum absolute atomic E-state index is 11.9. The molecule has 2 aromatic rings. The summed E-state index contributed by atoms with van der Waals surface area (Å²) in [4.78, 5) is 26.1. The molecule has 0 radical (unpaired) electrons. The van der Waals surface area contributed by atoms with Crippen LogP contribution in [0.3, 0.4) is 0 Å². The summed E-state index contributed by atoms with van der Waals surface area (Å²) in [6.07, 6.45) is 6.71. The lowest BCUT2D eigenvalue weighted by Crippen LogP contribution is -2.40. The van der Waals surface area contributed by atoms with E-state index in [2.05, 4.69) is 25.2 Å². The van der Waals surface area contributed by atoms with Crippen molar-refractivity contribution in [2.24, 2.45) is 0 Å². The fourth-order valence-corrected chi connectivity index (χ4v) is 2.60. The highest BCUT2D eigenvalue weighted by Gasteiger charge is 2.33. The van der Waals surface area contributed by atoms with Crippen LogP contribution in [0, 0.1) is 0 Å². The molecule has 116 valence electrons. The molecule has 22 heavy (non-hydrogen) atoms. The summed E-state index contributed by atoms with van der Waals surface area (Å²) in [5.41, 5.74) is 0.273. The van der Waals surface area contributed by atoms with Gasteiger partial charge in [0.1, 0.15) is 18.4 Å². The molecule has 1 amide bonds. The van der Waals surface area contributed by atoms with Crippen LogP contribution < -0.4 is 10.2 Å². The molecular weight excluding hydrogens is 286 g/mol. The molecule has 0 aliphatic carbocycles. The van der Waals surface area contributed by atoms with E-state index in [1.165, 1.54) is 19.0 Å². The van der Waals surface area contributed by atoms with Gasteiger partial charge in [-0.05, 0) is 12.5 Å². The van der Waals surface area contributed by atoms with Gasteiger partial charge >= 0.3 is 0 Å². The van der Waals surface area contributed by atoms with Crippen molar-refractivity contribution in [1.29, 1.82) is 0 Å². The second kappa shape index (κ2) is 6.52. The molecule has 1 aliphatic rings. The maximum Gasteiger partial charge on any atom is 0.273 e. The number of methoxy groups -OCH3 is 1. The van der Waals surface area contributed by atoms with Crippen molar-refractivity contribution < 1.29 is 13.9 Å². The first kappa shape index (κ1) is 14.5. The molecule has 2 aromatic heterocycles. The van der Waals surface area contributed by atoms with E-state index in [0.29, 0.717) is 6.54 Å². The number of aromatic nitrogens is 3. The molecule has 8 heteroatoms. The van der Waals surface area contributed by atoms with Crippen LogP contribution >= 0.6 is 0 Å². The van der Waals surface area contributed by atoms with Crippen molar-refractivity contribution in [3.8, 4) is 0 Å². The molecule has 3 heterocycles. The van der Waals surface area contributed by atoms with Crippen molar-refractivity contribution in [2.75, 3.05) is 25.1 Å². The molecule has 0 saturated carbocycles. The van der Waals surface area contributed by atoms with Gasteiger partial charge in [-0.1, -0.05) is 0 Å². The molecule has 1 fully saturated rings. The molecule has 0 bridgehead atoms. The minimum atomic E-state index is -0.253. The van der Waals surface area contributed by atoms with E-state index < -0.39 is 0 Å². The zero-order chi connectivity index (χ0) is 15.4. The van der Waals surface area contributed by atoms with E-state index in [-0.39, 0.29) is 23.7 Å². The number of nitrogens with one attached hydrogen (secondary N) is 1. The Labute approximate surface area is 127 Å². The molecule has 0 aromatic carbocycles. The topological polar surface area (TPSA) is 93.4 Å². The number of hydrogen-bond donors (Lipinski definition) is 1. The summed E-state index contributed by atoms with van der Waals surface area (Å²) < 4.78 is 10.3. The van der Waals surface area contributed by atoms with Gasteiger partial charge in [0.15, 0.2) is 12.1 Å². The summed E-state index contributed by atoms with van der Waals surface area (Å²) in [5.74, 6) is 0.576. The number of carbonyl (C=O) groups excluding carboxylic acids is 1. The van der Waals surface area contributed by atoms with Gasteiger partial charge in [0, 0.05) is 26.4 Å². The Morgan fingerprint density at radius 1 is 1.55 bits per heavy atom. The number of anilines is 1. The average Bonchev–Trinajstić information content (AvgIpc) is 3.23. The van der Waals surface area contributed by atoms with Crippen LogP contribution in [0.4, 0.5) is 5.82 Å². The fourth-order valence-electron chi connectivity index (χ4n) is 2.60. The van der Waals surface area contributed by atoms with Crippen molar-refractivity contribution in [3.05, 3.63) is 36.9 Å². The molecular formula is C14H17N5O3. The summed E-state index contributed by atoms with van der Waals surface area (Å²) >= 11 is 0. The lowest BCUT2D eigenvalue weighted by molar-refractivity contribution is 0.0941. The van der Waals surface area contributed by atoms with Crippen LogP contribution in [0.5, 0.6) is 0 Å². The van der Waals surface area contributed by atoms with Crippen molar-refractivity contribution in [2.45, 2.75) is 18.6 Å². The Morgan fingerprint density at radius 2 is 2.45 bits per heavy atom. The summed E-state index contributed by atoms with van der Waals surface area (Å²) in [5, 5.41) is 2.87. The molecule has 0 unspecified atom stereocenters. The summed E-state index contributed by atoms with van der Waals surface area (Å²) in [7, 11) is 1.69. The number of amides is 1. The number of rotatable bonds is 5. The predicted molar refractivity (Wildman–Crippen MR) is 77.4 cm³/mol. The largest absolute Gasteiger partial charge is 0.451 e. The lowest BCUT2D eigenvalue weighted by atomic mass is 10.2. The third-order valence-corrected chi connectivity index (χ3v) is 3.73. The molecule has 1 aliphatic heterocycles. The van der Waals surface area contributed by atoms with Crippen LogP contribution in [0.15, 0.2) is 35.7 Å². The van der Waals surface area contributed by atoms with Gasteiger partial charge in [-0.25, -0.2) is 15.0 Å². The van der Waals surface area contributed by atoms with E-state index >= 15 is 0 Å². The van der Waals surface area contributed by atoms with E-state index in [1.54, 1.807) is 13.3 Å². The number of nitrogens with zero attached hydrogens (tertiary/aromatic N) is 4. The molecule has 8 nitrogen and oxygen atoms in total. The van der Waals surface area contributed by atoms with Crippen LogP contribution in [0.1, 0.15) is 16.9 Å². The monoisotopic (exact) mass is 303 g/mol. The van der Waals surface area contributed by atoms with Crippen LogP contribution in [-0.4, -0.2) is 53.2 Å². The van der Waals surface area contributed by atoms with Gasteiger partial charge < -0.3 is 19.4 Å². The van der Waals surface area contributed by atoms with Crippen LogP contribution in [-0.2, 0) is 4.74 Å². The Morgan fingerprint density at radius 3 is 3.14 bits per heavy atom. The minimum Gasteiger partial charge on any atom is -0.451 e. The van der Waals surface area contributed by atoms with Gasteiger partial charge in [0.2, 0.25) is 0 Å². The van der Waals surface area contributed by atoms with Gasteiger partial charge in [0.05, 0.1) is 12.1 Å². The fraction of sp³-hybridized carbons (Fsp3) is 0.429. The van der Waals surface area contributed by atoms with Gasteiger partial charge in [-0.3, -0.25) is 4.79 Å². The average molecular weight is 303 g/mol. The number of ether oxygens (including phenoxy) is 1. The van der Waals surface area contributed by atoms with Crippen molar-refractivity contribution in [3.63, 3.8) is 0 Å². The Balaban J connectivity index is 1.66. The smallest absolute Gasteiger partial charge is 0.273 e.